The summed E-state index contributed by atoms with van der Waals surface area (Å²) in [7, 11) is -2.99. The van der Waals surface area contributed by atoms with Gasteiger partial charge in [0.15, 0.2) is 9.84 Å². The highest BCUT2D eigenvalue weighted by Crippen LogP contribution is 2.19. The van der Waals surface area contributed by atoms with Crippen LogP contribution in [0.4, 0.5) is 0 Å². The average molecular weight is 281 g/mol. The molecule has 1 unspecified atom stereocenters. The fourth-order valence-corrected chi connectivity index (χ4v) is 3.01. The van der Waals surface area contributed by atoms with E-state index in [0.717, 1.165) is 5.75 Å². The molecular weight excluding hydrogens is 258 g/mol. The Morgan fingerprint density at radius 3 is 2.29 bits per heavy atom. The lowest BCUT2D eigenvalue weighted by Crippen LogP contribution is -2.38. The number of hydrogen-bond donors (Lipinski definition) is 1. The van der Waals surface area contributed by atoms with Gasteiger partial charge in [0.2, 0.25) is 5.91 Å². The molecule has 17 heavy (non-hydrogen) atoms. The summed E-state index contributed by atoms with van der Waals surface area (Å²) in [5.41, 5.74) is 0. The highest BCUT2D eigenvalue weighted by Gasteiger charge is 2.21. The molecule has 1 atom stereocenters. The fourth-order valence-electron chi connectivity index (χ4n) is 1.33. The maximum absolute atomic E-state index is 11.8. The second-order valence-electron chi connectivity index (χ2n) is 4.15. The summed E-state index contributed by atoms with van der Waals surface area (Å²) in [6, 6.07) is 0. The molecule has 0 fully saturated rings. The minimum absolute atomic E-state index is 0.0246. The van der Waals surface area contributed by atoms with Crippen molar-refractivity contribution in [1.82, 2.24) is 5.32 Å². The van der Waals surface area contributed by atoms with Crippen molar-refractivity contribution >= 4 is 27.5 Å². The van der Waals surface area contributed by atoms with Crippen molar-refractivity contribution in [3.8, 4) is 0 Å². The van der Waals surface area contributed by atoms with Crippen molar-refractivity contribution in [3.63, 3.8) is 0 Å². The van der Waals surface area contributed by atoms with Gasteiger partial charge in [0.05, 0.1) is 11.0 Å². The summed E-state index contributed by atoms with van der Waals surface area (Å²) in [6.45, 7) is 7.82. The Bertz CT molecular complexity index is 326. The van der Waals surface area contributed by atoms with Gasteiger partial charge in [0.1, 0.15) is 0 Å². The number of thioether (sulfide) groups is 1. The Balaban J connectivity index is 4.16. The number of rotatable bonds is 8. The van der Waals surface area contributed by atoms with Crippen molar-refractivity contribution in [1.29, 1.82) is 0 Å². The van der Waals surface area contributed by atoms with E-state index in [2.05, 4.69) is 5.32 Å². The number of hydrogen-bond acceptors (Lipinski definition) is 4. The van der Waals surface area contributed by atoms with E-state index in [1.807, 2.05) is 20.8 Å². The standard InChI is InChI=1S/C11H23NO3S2/c1-5-16-10(9(3)4)11(13)12-7-8-17(14,15)6-2/h9-10H,5-8H2,1-4H3,(H,12,13). The highest BCUT2D eigenvalue weighted by molar-refractivity contribution is 8.00. The lowest BCUT2D eigenvalue weighted by molar-refractivity contribution is -0.121. The summed E-state index contributed by atoms with van der Waals surface area (Å²) >= 11 is 1.59. The van der Waals surface area contributed by atoms with Crippen LogP contribution in [0.15, 0.2) is 0 Å². The Labute approximate surface area is 109 Å². The van der Waals surface area contributed by atoms with Gasteiger partial charge in [-0.2, -0.15) is 0 Å². The average Bonchev–Trinajstić information content (AvgIpc) is 2.25. The molecule has 6 heteroatoms. The summed E-state index contributed by atoms with van der Waals surface area (Å²) in [6.07, 6.45) is 0. The van der Waals surface area contributed by atoms with Gasteiger partial charge in [-0.15, -0.1) is 11.8 Å². The molecule has 0 aromatic rings. The molecule has 0 aromatic carbocycles. The second-order valence-corrected chi connectivity index (χ2v) is 8.04. The topological polar surface area (TPSA) is 63.2 Å². The van der Waals surface area contributed by atoms with Crippen molar-refractivity contribution in [3.05, 3.63) is 0 Å². The largest absolute Gasteiger partial charge is 0.354 e. The third-order valence-electron chi connectivity index (χ3n) is 2.36. The van der Waals surface area contributed by atoms with Gasteiger partial charge in [0.25, 0.3) is 0 Å². The molecule has 0 rings (SSSR count). The number of carbonyl (C=O) groups is 1. The molecular formula is C11H23NO3S2. The smallest absolute Gasteiger partial charge is 0.233 e. The number of sulfone groups is 1. The van der Waals surface area contributed by atoms with Crippen LogP contribution in [0.2, 0.25) is 0 Å². The summed E-state index contributed by atoms with van der Waals surface area (Å²) < 4.78 is 22.5. The molecule has 0 saturated heterocycles. The van der Waals surface area contributed by atoms with Crippen molar-refractivity contribution in [2.75, 3.05) is 23.8 Å². The van der Waals surface area contributed by atoms with Gasteiger partial charge in [-0.3, -0.25) is 4.79 Å². The van der Waals surface area contributed by atoms with E-state index in [9.17, 15) is 13.2 Å². The molecule has 4 nitrogen and oxygen atoms in total. The second kappa shape index (κ2) is 7.97. The monoisotopic (exact) mass is 281 g/mol. The fraction of sp³-hybridized carbons (Fsp3) is 0.909. The maximum atomic E-state index is 11.8. The number of nitrogens with one attached hydrogen (secondary N) is 1. The van der Waals surface area contributed by atoms with Gasteiger partial charge >= 0.3 is 0 Å². The molecule has 0 bridgehead atoms. The summed E-state index contributed by atoms with van der Waals surface area (Å²) in [4.78, 5) is 11.8. The first-order valence-corrected chi connectivity index (χ1v) is 8.80. The SMILES string of the molecule is CCSC(C(=O)NCCS(=O)(=O)CC)C(C)C. The van der Waals surface area contributed by atoms with Gasteiger partial charge < -0.3 is 5.32 Å². The first-order valence-electron chi connectivity index (χ1n) is 5.93. The zero-order valence-electron chi connectivity index (χ0n) is 11.0. The van der Waals surface area contributed by atoms with Crippen LogP contribution in [0.5, 0.6) is 0 Å². The minimum atomic E-state index is -2.99. The van der Waals surface area contributed by atoms with Crippen LogP contribution in [-0.4, -0.2) is 43.4 Å². The molecule has 0 aromatic heterocycles. The van der Waals surface area contributed by atoms with Crippen LogP contribution in [0.1, 0.15) is 27.7 Å². The van der Waals surface area contributed by atoms with Crippen molar-refractivity contribution < 1.29 is 13.2 Å². The predicted octanol–water partition coefficient (Wildman–Crippen LogP) is 1.31. The normalized spacial score (nSPS) is 13.7. The third kappa shape index (κ3) is 6.93. The Morgan fingerprint density at radius 1 is 1.29 bits per heavy atom. The molecule has 0 radical (unpaired) electrons. The molecule has 0 heterocycles. The molecule has 0 aliphatic rings. The molecule has 0 aliphatic carbocycles. The van der Waals surface area contributed by atoms with Crippen molar-refractivity contribution in [2.24, 2.45) is 5.92 Å². The van der Waals surface area contributed by atoms with Gasteiger partial charge in [-0.05, 0) is 11.7 Å². The lowest BCUT2D eigenvalue weighted by atomic mass is 10.1. The van der Waals surface area contributed by atoms with Crippen LogP contribution in [0.3, 0.4) is 0 Å². The number of carbonyl (C=O) groups excluding carboxylic acids is 1. The molecule has 102 valence electrons. The molecule has 0 aliphatic heterocycles. The van der Waals surface area contributed by atoms with Gasteiger partial charge in [-0.25, -0.2) is 8.42 Å². The molecule has 0 spiro atoms. The number of amides is 1. The van der Waals surface area contributed by atoms with Gasteiger partial charge in [0, 0.05) is 12.3 Å². The van der Waals surface area contributed by atoms with Crippen LogP contribution < -0.4 is 5.32 Å². The van der Waals surface area contributed by atoms with E-state index >= 15 is 0 Å². The Kier molecular flexibility index (Phi) is 7.87. The Hall–Kier alpha value is -0.230. The van der Waals surface area contributed by atoms with E-state index in [4.69, 9.17) is 0 Å². The molecule has 1 amide bonds. The lowest BCUT2D eigenvalue weighted by Gasteiger charge is -2.19. The first-order chi connectivity index (χ1) is 7.84. The van der Waals surface area contributed by atoms with E-state index < -0.39 is 9.84 Å². The van der Waals surface area contributed by atoms with E-state index in [-0.39, 0.29) is 35.1 Å². The van der Waals surface area contributed by atoms with Crippen LogP contribution in [0, 0.1) is 5.92 Å². The first kappa shape index (κ1) is 16.8. The zero-order valence-corrected chi connectivity index (χ0v) is 12.7. The molecule has 1 N–H and O–H groups in total. The predicted molar refractivity (Wildman–Crippen MR) is 74.1 cm³/mol. The van der Waals surface area contributed by atoms with E-state index in [1.54, 1.807) is 18.7 Å². The minimum Gasteiger partial charge on any atom is -0.354 e. The zero-order chi connectivity index (χ0) is 13.5. The van der Waals surface area contributed by atoms with E-state index in [1.165, 1.54) is 0 Å². The van der Waals surface area contributed by atoms with Crippen LogP contribution in [-0.2, 0) is 14.6 Å². The molecule has 0 saturated carbocycles. The summed E-state index contributed by atoms with van der Waals surface area (Å²) in [5, 5.41) is 2.61. The maximum Gasteiger partial charge on any atom is 0.233 e. The third-order valence-corrected chi connectivity index (χ3v) is 5.52. The summed E-state index contributed by atoms with van der Waals surface area (Å²) in [5.74, 6) is 1.22. The Morgan fingerprint density at radius 2 is 1.88 bits per heavy atom. The van der Waals surface area contributed by atoms with E-state index in [0.29, 0.717) is 0 Å². The van der Waals surface area contributed by atoms with Gasteiger partial charge in [-0.1, -0.05) is 27.7 Å². The highest BCUT2D eigenvalue weighted by atomic mass is 32.2. The van der Waals surface area contributed by atoms with Crippen LogP contribution in [0.25, 0.3) is 0 Å². The van der Waals surface area contributed by atoms with Crippen molar-refractivity contribution in [2.45, 2.75) is 32.9 Å². The van der Waals surface area contributed by atoms with Crippen LogP contribution >= 0.6 is 11.8 Å². The quantitative estimate of drug-likeness (QED) is 0.729.